The highest BCUT2D eigenvalue weighted by atomic mass is 35.5. The maximum Gasteiger partial charge on any atom is 0.304 e. The maximum absolute atomic E-state index is 12.5. The molecule has 2 N–H and O–H groups in total. The number of rotatable bonds is 3. The van der Waals surface area contributed by atoms with Gasteiger partial charge in [-0.15, -0.1) is 0 Å². The second-order valence-corrected chi connectivity index (χ2v) is 10.5. The van der Waals surface area contributed by atoms with E-state index in [0.717, 1.165) is 24.8 Å². The third kappa shape index (κ3) is 2.73. The Morgan fingerprint density at radius 3 is 2.48 bits per heavy atom. The molecule has 6 heteroatoms. The number of aliphatic carboxylic acids is 1. The summed E-state index contributed by atoms with van der Waals surface area (Å²) in [6, 6.07) is 0. The average molecular weight is 421 g/mol. The van der Waals surface area contributed by atoms with Crippen molar-refractivity contribution >= 4 is 29.1 Å². The Balaban J connectivity index is 1.76. The molecule has 0 aromatic heterocycles. The molecule has 0 saturated heterocycles. The van der Waals surface area contributed by atoms with Crippen LogP contribution in [0, 0.1) is 34.5 Å². The number of hydrogen-bond donors (Lipinski definition) is 2. The molecule has 0 aliphatic heterocycles. The molecular weight excluding hydrogens is 392 g/mol. The zero-order chi connectivity index (χ0) is 21.4. The molecule has 7 atom stereocenters. The number of carbonyl (C=O) groups excluding carboxylic acids is 2. The lowest BCUT2D eigenvalue weighted by Gasteiger charge is -2.57. The Morgan fingerprint density at radius 1 is 1.21 bits per heavy atom. The van der Waals surface area contributed by atoms with Crippen LogP contribution < -0.4 is 0 Å². The van der Waals surface area contributed by atoms with Gasteiger partial charge in [-0.3, -0.25) is 14.4 Å². The molecule has 0 aromatic carbocycles. The van der Waals surface area contributed by atoms with E-state index < -0.39 is 22.9 Å². The molecule has 0 heterocycles. The van der Waals surface area contributed by atoms with E-state index in [9.17, 15) is 24.6 Å². The van der Waals surface area contributed by atoms with Crippen LogP contribution in [0.25, 0.3) is 0 Å². The van der Waals surface area contributed by atoms with E-state index in [-0.39, 0.29) is 41.2 Å². The van der Waals surface area contributed by atoms with Crippen molar-refractivity contribution < 1.29 is 24.6 Å². The zero-order valence-electron chi connectivity index (χ0n) is 17.2. The second kappa shape index (κ2) is 6.52. The van der Waals surface area contributed by atoms with Crippen LogP contribution in [-0.4, -0.2) is 33.3 Å². The lowest BCUT2D eigenvalue weighted by molar-refractivity contribution is -0.157. The van der Waals surface area contributed by atoms with Gasteiger partial charge in [-0.2, -0.15) is 0 Å². The number of carboxylic acids is 1. The van der Waals surface area contributed by atoms with E-state index in [4.69, 9.17) is 11.6 Å². The molecule has 2 saturated carbocycles. The predicted octanol–water partition coefficient (Wildman–Crippen LogP) is 3.88. The van der Waals surface area contributed by atoms with Gasteiger partial charge in [0.2, 0.25) is 0 Å². The van der Waals surface area contributed by atoms with Gasteiger partial charge in [0.15, 0.2) is 11.6 Å². The summed E-state index contributed by atoms with van der Waals surface area (Å²) in [6.45, 7) is 5.63. The number of fused-ring (bicyclic) bond motifs is 5. The standard InChI is InChI=1S/C23H29ClO5/c1-12(25)23(29)7-5-16-14-9-18(24)17-10-19(26)13(8-20(27)28)11-21(17,2)15(14)4-6-22(16,23)3/h9-10,13-16,29H,4-8,11H2,1-3H3,(H,27,28)/t13?,14-,15+,16+,21-,22+,23+/m1/s1. The number of hydrogen-bond acceptors (Lipinski definition) is 4. The van der Waals surface area contributed by atoms with Crippen molar-refractivity contribution in [2.45, 2.75) is 64.9 Å². The third-order valence-corrected chi connectivity index (χ3v) is 9.21. The minimum Gasteiger partial charge on any atom is -0.481 e. The van der Waals surface area contributed by atoms with E-state index in [2.05, 4.69) is 6.92 Å². The number of Topliss-reactive ketones (excluding diaryl/α,β-unsaturated/α-hetero) is 1. The van der Waals surface area contributed by atoms with Crippen LogP contribution >= 0.6 is 11.6 Å². The van der Waals surface area contributed by atoms with Gasteiger partial charge in [0.1, 0.15) is 5.60 Å². The normalized spacial score (nSPS) is 46.2. The van der Waals surface area contributed by atoms with Crippen molar-refractivity contribution in [1.29, 1.82) is 0 Å². The van der Waals surface area contributed by atoms with Crippen molar-refractivity contribution in [2.75, 3.05) is 0 Å². The maximum atomic E-state index is 12.5. The SMILES string of the molecule is CC(=O)[C@@]1(O)CC[C@H]2[C@@H]3C=C(Cl)C4=CC(=O)C(CC(=O)O)C[C@]4(C)[C@H]3CC[C@@]21C. The summed E-state index contributed by atoms with van der Waals surface area (Å²) in [5.41, 5.74) is -1.33. The van der Waals surface area contributed by atoms with E-state index in [1.54, 1.807) is 6.08 Å². The van der Waals surface area contributed by atoms with Crippen LogP contribution in [0.2, 0.25) is 0 Å². The summed E-state index contributed by atoms with van der Waals surface area (Å²) in [7, 11) is 0. The quantitative estimate of drug-likeness (QED) is 0.722. The fraction of sp³-hybridized carbons (Fsp3) is 0.696. The highest BCUT2D eigenvalue weighted by Crippen LogP contribution is 2.67. The van der Waals surface area contributed by atoms with Gasteiger partial charge >= 0.3 is 5.97 Å². The van der Waals surface area contributed by atoms with Gasteiger partial charge in [0.05, 0.1) is 6.42 Å². The first kappa shape index (κ1) is 20.8. The number of ketones is 2. The third-order valence-electron chi connectivity index (χ3n) is 8.88. The molecule has 0 aromatic rings. The van der Waals surface area contributed by atoms with Crippen LogP contribution in [0.3, 0.4) is 0 Å². The summed E-state index contributed by atoms with van der Waals surface area (Å²) in [4.78, 5) is 36.1. The molecule has 0 radical (unpaired) electrons. The second-order valence-electron chi connectivity index (χ2n) is 10.1. The summed E-state index contributed by atoms with van der Waals surface area (Å²) < 4.78 is 0. The molecule has 1 unspecified atom stereocenters. The van der Waals surface area contributed by atoms with Crippen molar-refractivity contribution in [3.05, 3.63) is 22.8 Å². The molecule has 158 valence electrons. The van der Waals surface area contributed by atoms with Gasteiger partial charge in [-0.1, -0.05) is 31.5 Å². The molecule has 0 spiro atoms. The lowest BCUT2D eigenvalue weighted by atomic mass is 9.47. The fourth-order valence-electron chi connectivity index (χ4n) is 7.25. The highest BCUT2D eigenvalue weighted by Gasteiger charge is 2.65. The van der Waals surface area contributed by atoms with Gasteiger partial charge in [-0.25, -0.2) is 0 Å². The molecule has 5 nitrogen and oxygen atoms in total. The van der Waals surface area contributed by atoms with Gasteiger partial charge in [0.25, 0.3) is 0 Å². The van der Waals surface area contributed by atoms with Crippen LogP contribution in [-0.2, 0) is 14.4 Å². The van der Waals surface area contributed by atoms with Gasteiger partial charge in [0, 0.05) is 16.4 Å². The summed E-state index contributed by atoms with van der Waals surface area (Å²) in [5.74, 6) is -1.35. The number of carbonyl (C=O) groups is 3. The first-order chi connectivity index (χ1) is 13.4. The van der Waals surface area contributed by atoms with Crippen molar-refractivity contribution in [3.63, 3.8) is 0 Å². The van der Waals surface area contributed by atoms with Crippen molar-refractivity contribution in [2.24, 2.45) is 34.5 Å². The predicted molar refractivity (Wildman–Crippen MR) is 108 cm³/mol. The largest absolute Gasteiger partial charge is 0.481 e. The number of halogens is 1. The highest BCUT2D eigenvalue weighted by molar-refractivity contribution is 6.32. The molecule has 4 rings (SSSR count). The van der Waals surface area contributed by atoms with E-state index in [1.165, 1.54) is 6.92 Å². The summed E-state index contributed by atoms with van der Waals surface area (Å²) >= 11 is 6.68. The number of carboxylic acid groups (broad SMARTS) is 1. The topological polar surface area (TPSA) is 91.7 Å². The molecule has 0 bridgehead atoms. The Bertz CT molecular complexity index is 859. The smallest absolute Gasteiger partial charge is 0.304 e. The Labute approximate surface area is 176 Å². The zero-order valence-corrected chi connectivity index (χ0v) is 18.0. The Morgan fingerprint density at radius 2 is 1.86 bits per heavy atom. The monoisotopic (exact) mass is 420 g/mol. The molecule has 4 aliphatic rings. The number of aliphatic hydroxyl groups is 1. The molecular formula is C23H29ClO5. The van der Waals surface area contributed by atoms with Crippen LogP contribution in [0.15, 0.2) is 22.8 Å². The van der Waals surface area contributed by atoms with Crippen molar-refractivity contribution in [1.82, 2.24) is 0 Å². The van der Waals surface area contributed by atoms with E-state index >= 15 is 0 Å². The molecule has 0 amide bonds. The van der Waals surface area contributed by atoms with Gasteiger partial charge < -0.3 is 10.2 Å². The minimum absolute atomic E-state index is 0.107. The van der Waals surface area contributed by atoms with Crippen molar-refractivity contribution in [3.8, 4) is 0 Å². The first-order valence-corrected chi connectivity index (χ1v) is 10.9. The Kier molecular flexibility index (Phi) is 4.67. The molecule has 29 heavy (non-hydrogen) atoms. The minimum atomic E-state index is -1.30. The van der Waals surface area contributed by atoms with Crippen LogP contribution in [0.5, 0.6) is 0 Å². The average Bonchev–Trinajstić information content (AvgIpc) is 2.90. The fourth-order valence-corrected chi connectivity index (χ4v) is 7.67. The van der Waals surface area contributed by atoms with Crippen LogP contribution in [0.4, 0.5) is 0 Å². The summed E-state index contributed by atoms with van der Waals surface area (Å²) in [5, 5.41) is 21.0. The summed E-state index contributed by atoms with van der Waals surface area (Å²) in [6.07, 6.45) is 6.71. The van der Waals surface area contributed by atoms with Gasteiger partial charge in [-0.05, 0) is 73.8 Å². The molecule has 4 aliphatic carbocycles. The lowest BCUT2D eigenvalue weighted by Crippen LogP contribution is -2.56. The molecule has 2 fully saturated rings. The first-order valence-electron chi connectivity index (χ1n) is 10.5. The van der Waals surface area contributed by atoms with Crippen LogP contribution in [0.1, 0.15) is 59.3 Å². The van der Waals surface area contributed by atoms with E-state index in [1.807, 2.05) is 13.0 Å². The van der Waals surface area contributed by atoms with E-state index in [0.29, 0.717) is 17.9 Å². The Hall–Kier alpha value is -1.46. The number of allylic oxidation sites excluding steroid dienone is 4.